The zero-order chi connectivity index (χ0) is 13.2. The van der Waals surface area contributed by atoms with Crippen molar-refractivity contribution in [3.05, 3.63) is 29.3 Å². The van der Waals surface area contributed by atoms with Gasteiger partial charge in [0.15, 0.2) is 0 Å². The van der Waals surface area contributed by atoms with Crippen molar-refractivity contribution < 1.29 is 8.78 Å². The Balaban J connectivity index is 2.48. The summed E-state index contributed by atoms with van der Waals surface area (Å²) in [6.07, 6.45) is 6.83. The summed E-state index contributed by atoms with van der Waals surface area (Å²) >= 11 is 1.12. The minimum Gasteiger partial charge on any atom is -0.330 e. The summed E-state index contributed by atoms with van der Waals surface area (Å²) in [5.41, 5.74) is 6.22. The van der Waals surface area contributed by atoms with Gasteiger partial charge in [0.1, 0.15) is 11.6 Å². The van der Waals surface area contributed by atoms with Crippen LogP contribution in [0.1, 0.15) is 37.7 Å². The van der Waals surface area contributed by atoms with E-state index in [1.165, 1.54) is 12.5 Å². The van der Waals surface area contributed by atoms with Gasteiger partial charge in [-0.2, -0.15) is 0 Å². The molecule has 0 unspecified atom stereocenters. The molecule has 0 bridgehead atoms. The molecule has 4 heteroatoms. The van der Waals surface area contributed by atoms with Crippen molar-refractivity contribution in [3.63, 3.8) is 0 Å². The van der Waals surface area contributed by atoms with Crippen LogP contribution in [-0.2, 0) is 5.41 Å². The second-order valence-electron chi connectivity index (χ2n) is 4.99. The van der Waals surface area contributed by atoms with Gasteiger partial charge in [0.2, 0.25) is 0 Å². The molecule has 1 saturated carbocycles. The summed E-state index contributed by atoms with van der Waals surface area (Å²) in [5, 5.41) is 0. The summed E-state index contributed by atoms with van der Waals surface area (Å²) in [5.74, 6) is -0.887. The first kappa shape index (κ1) is 13.8. The van der Waals surface area contributed by atoms with Gasteiger partial charge >= 0.3 is 0 Å². The van der Waals surface area contributed by atoms with Gasteiger partial charge in [-0.05, 0) is 30.7 Å². The number of hydrogen-bond donors (Lipinski definition) is 1. The lowest BCUT2D eigenvalue weighted by atomic mass is 9.69. The van der Waals surface area contributed by atoms with E-state index < -0.39 is 11.6 Å². The van der Waals surface area contributed by atoms with Crippen molar-refractivity contribution in [2.75, 3.05) is 12.8 Å². The van der Waals surface area contributed by atoms with Crippen LogP contribution in [0.25, 0.3) is 0 Å². The quantitative estimate of drug-likeness (QED) is 0.845. The Morgan fingerprint density at radius 2 is 1.89 bits per heavy atom. The highest BCUT2D eigenvalue weighted by Crippen LogP contribution is 2.41. The summed E-state index contributed by atoms with van der Waals surface area (Å²) in [4.78, 5) is 0.117. The molecule has 0 saturated heterocycles. The summed E-state index contributed by atoms with van der Waals surface area (Å²) in [6.45, 7) is 0.434. The number of benzene rings is 1. The third-order valence-electron chi connectivity index (χ3n) is 4.03. The Morgan fingerprint density at radius 1 is 1.22 bits per heavy atom. The van der Waals surface area contributed by atoms with E-state index in [2.05, 4.69) is 0 Å². The first-order valence-corrected chi connectivity index (χ1v) is 7.59. The zero-order valence-electron chi connectivity index (χ0n) is 10.6. The molecule has 0 amide bonds. The summed E-state index contributed by atoms with van der Waals surface area (Å²) < 4.78 is 28.0. The van der Waals surface area contributed by atoms with Crippen molar-refractivity contribution >= 4 is 11.8 Å². The Hall–Kier alpha value is -0.610. The van der Waals surface area contributed by atoms with Crippen LogP contribution < -0.4 is 5.73 Å². The molecule has 100 valence electrons. The van der Waals surface area contributed by atoms with Gasteiger partial charge in [0, 0.05) is 12.0 Å². The van der Waals surface area contributed by atoms with Crippen LogP contribution >= 0.6 is 11.8 Å². The highest BCUT2D eigenvalue weighted by atomic mass is 32.2. The fraction of sp³-hybridized carbons (Fsp3) is 0.571. The Morgan fingerprint density at radius 3 is 2.44 bits per heavy atom. The molecule has 1 aliphatic rings. The van der Waals surface area contributed by atoms with Crippen molar-refractivity contribution in [1.29, 1.82) is 0 Å². The molecule has 0 aliphatic heterocycles. The van der Waals surface area contributed by atoms with Crippen LogP contribution in [-0.4, -0.2) is 12.8 Å². The molecule has 0 spiro atoms. The van der Waals surface area contributed by atoms with E-state index in [0.29, 0.717) is 12.1 Å². The van der Waals surface area contributed by atoms with Crippen molar-refractivity contribution in [2.24, 2.45) is 5.73 Å². The second-order valence-corrected chi connectivity index (χ2v) is 5.80. The van der Waals surface area contributed by atoms with Gasteiger partial charge in [-0.3, -0.25) is 0 Å². The molecule has 0 heterocycles. The van der Waals surface area contributed by atoms with Crippen LogP contribution in [0.3, 0.4) is 0 Å². The van der Waals surface area contributed by atoms with Crippen LogP contribution in [0.5, 0.6) is 0 Å². The van der Waals surface area contributed by atoms with Crippen LogP contribution in [0, 0.1) is 11.6 Å². The smallest absolute Gasteiger partial charge is 0.143 e. The maximum atomic E-state index is 14.4. The normalized spacial score (nSPS) is 18.9. The highest BCUT2D eigenvalue weighted by Gasteiger charge is 2.35. The van der Waals surface area contributed by atoms with E-state index in [9.17, 15) is 8.78 Å². The molecule has 2 N–H and O–H groups in total. The van der Waals surface area contributed by atoms with Crippen LogP contribution in [0.15, 0.2) is 17.0 Å². The van der Waals surface area contributed by atoms with Gasteiger partial charge in [-0.1, -0.05) is 25.3 Å². The van der Waals surface area contributed by atoms with E-state index in [0.717, 1.165) is 37.4 Å². The predicted octanol–water partition coefficient (Wildman–Crippen LogP) is 3.85. The molecular weight excluding hydrogens is 252 g/mol. The minimum atomic E-state index is -0.480. The third-order valence-corrected chi connectivity index (χ3v) is 4.81. The lowest BCUT2D eigenvalue weighted by molar-refractivity contribution is 0.289. The molecule has 18 heavy (non-hydrogen) atoms. The molecular formula is C14H19F2NS. The van der Waals surface area contributed by atoms with Crippen molar-refractivity contribution in [3.8, 4) is 0 Å². The van der Waals surface area contributed by atoms with Crippen molar-refractivity contribution in [1.82, 2.24) is 0 Å². The summed E-state index contributed by atoms with van der Waals surface area (Å²) in [6, 6.07) is 2.96. The number of thioether (sulfide) groups is 1. The monoisotopic (exact) mass is 271 g/mol. The number of nitrogens with two attached hydrogens (primary N) is 1. The van der Waals surface area contributed by atoms with E-state index >= 15 is 0 Å². The molecule has 2 rings (SSSR count). The van der Waals surface area contributed by atoms with Gasteiger partial charge in [-0.15, -0.1) is 11.8 Å². The molecule has 0 radical (unpaired) electrons. The maximum absolute atomic E-state index is 14.4. The summed E-state index contributed by atoms with van der Waals surface area (Å²) in [7, 11) is 0. The third kappa shape index (κ3) is 2.28. The number of hydrogen-bond acceptors (Lipinski definition) is 2. The average molecular weight is 271 g/mol. The van der Waals surface area contributed by atoms with Crippen LogP contribution in [0.2, 0.25) is 0 Å². The van der Waals surface area contributed by atoms with Gasteiger partial charge in [0.25, 0.3) is 0 Å². The molecule has 1 nitrogen and oxygen atoms in total. The molecule has 1 aromatic carbocycles. The van der Waals surface area contributed by atoms with Crippen LogP contribution in [0.4, 0.5) is 8.78 Å². The predicted molar refractivity (Wildman–Crippen MR) is 72.0 cm³/mol. The Labute approximate surface area is 111 Å². The number of halogens is 2. The second kappa shape index (κ2) is 5.57. The molecule has 1 fully saturated rings. The maximum Gasteiger partial charge on any atom is 0.143 e. The minimum absolute atomic E-state index is 0.117. The average Bonchev–Trinajstić information content (AvgIpc) is 2.40. The first-order chi connectivity index (χ1) is 8.64. The molecule has 0 atom stereocenters. The molecule has 1 aliphatic carbocycles. The highest BCUT2D eigenvalue weighted by molar-refractivity contribution is 7.98. The topological polar surface area (TPSA) is 26.0 Å². The Bertz CT molecular complexity index is 428. The lowest BCUT2D eigenvalue weighted by Crippen LogP contribution is -2.38. The fourth-order valence-electron chi connectivity index (χ4n) is 2.94. The van der Waals surface area contributed by atoms with Gasteiger partial charge < -0.3 is 5.73 Å². The van der Waals surface area contributed by atoms with Gasteiger partial charge in [-0.25, -0.2) is 8.78 Å². The largest absolute Gasteiger partial charge is 0.330 e. The Kier molecular flexibility index (Phi) is 4.28. The van der Waals surface area contributed by atoms with E-state index in [-0.39, 0.29) is 10.3 Å². The molecule has 1 aromatic rings. The lowest BCUT2D eigenvalue weighted by Gasteiger charge is -2.37. The standard InChI is InChI=1S/C14H19F2NS/c1-18-13-11(15)6-5-10(12(13)16)14(9-17)7-3-2-4-8-14/h5-6H,2-4,7-9,17H2,1H3. The van der Waals surface area contributed by atoms with E-state index in [1.807, 2.05) is 0 Å². The van der Waals surface area contributed by atoms with Gasteiger partial charge in [0.05, 0.1) is 4.90 Å². The number of rotatable bonds is 3. The van der Waals surface area contributed by atoms with Crippen molar-refractivity contribution in [2.45, 2.75) is 42.4 Å². The molecule has 0 aromatic heterocycles. The first-order valence-electron chi connectivity index (χ1n) is 6.37. The SMILES string of the molecule is CSc1c(F)ccc(C2(CN)CCCCC2)c1F. The fourth-order valence-corrected chi connectivity index (χ4v) is 3.49. The zero-order valence-corrected chi connectivity index (χ0v) is 11.5. The van der Waals surface area contributed by atoms with E-state index in [1.54, 1.807) is 12.3 Å². The van der Waals surface area contributed by atoms with E-state index in [4.69, 9.17) is 5.73 Å².